The van der Waals surface area contributed by atoms with Crippen molar-refractivity contribution in [1.82, 2.24) is 9.97 Å². The monoisotopic (exact) mass is 402 g/mol. The van der Waals surface area contributed by atoms with Crippen molar-refractivity contribution >= 4 is 34.7 Å². The van der Waals surface area contributed by atoms with Crippen molar-refractivity contribution in [1.29, 1.82) is 0 Å². The van der Waals surface area contributed by atoms with Gasteiger partial charge in [-0.1, -0.05) is 23.7 Å². The normalized spacial score (nSPS) is 12.6. The van der Waals surface area contributed by atoms with E-state index in [9.17, 15) is 0 Å². The molecule has 3 heterocycles. The lowest BCUT2D eigenvalue weighted by Gasteiger charge is -2.10. The highest BCUT2D eigenvalue weighted by Crippen LogP contribution is 2.32. The predicted octanol–water partition coefficient (Wildman–Crippen LogP) is 5.12. The van der Waals surface area contributed by atoms with Gasteiger partial charge in [0.2, 0.25) is 6.79 Å². The third kappa shape index (κ3) is 3.58. The Hall–Kier alpha value is -3.64. The minimum Gasteiger partial charge on any atom is -0.454 e. The zero-order valence-electron chi connectivity index (χ0n) is 15.2. The van der Waals surface area contributed by atoms with E-state index < -0.39 is 0 Å². The maximum absolute atomic E-state index is 6.04. The van der Waals surface area contributed by atoms with Gasteiger partial charge in [0.05, 0.1) is 6.21 Å². The Kier molecular flexibility index (Phi) is 4.46. The Morgan fingerprint density at radius 2 is 1.86 bits per heavy atom. The predicted molar refractivity (Wildman–Crippen MR) is 114 cm³/mol. The molecule has 29 heavy (non-hydrogen) atoms. The number of pyridine rings is 2. The van der Waals surface area contributed by atoms with Gasteiger partial charge in [-0.3, -0.25) is 5.43 Å². The van der Waals surface area contributed by atoms with Gasteiger partial charge in [-0.2, -0.15) is 5.10 Å². The first kappa shape index (κ1) is 17.5. The fraction of sp³-hybridized carbons (Fsp3) is 0.0455. The fourth-order valence-electron chi connectivity index (χ4n) is 3.10. The third-order valence-electron chi connectivity index (χ3n) is 4.53. The summed E-state index contributed by atoms with van der Waals surface area (Å²) in [4.78, 5) is 8.99. The molecule has 0 fully saturated rings. The molecule has 4 aromatic rings. The smallest absolute Gasteiger partial charge is 0.231 e. The lowest BCUT2D eigenvalue weighted by atomic mass is 10.1. The molecule has 7 heteroatoms. The van der Waals surface area contributed by atoms with Crippen LogP contribution in [0.25, 0.3) is 22.2 Å². The zero-order chi connectivity index (χ0) is 19.6. The first-order chi connectivity index (χ1) is 14.3. The molecule has 2 aromatic heterocycles. The Morgan fingerprint density at radius 1 is 1.00 bits per heavy atom. The Bertz CT molecular complexity index is 1230. The second-order valence-electron chi connectivity index (χ2n) is 6.42. The number of fused-ring (bicyclic) bond motifs is 2. The van der Waals surface area contributed by atoms with Crippen LogP contribution >= 0.6 is 11.6 Å². The molecule has 1 aliphatic heterocycles. The summed E-state index contributed by atoms with van der Waals surface area (Å²) in [7, 11) is 0. The molecule has 0 bridgehead atoms. The van der Waals surface area contributed by atoms with Crippen molar-refractivity contribution < 1.29 is 9.47 Å². The zero-order valence-corrected chi connectivity index (χ0v) is 15.9. The number of halogens is 1. The Labute approximate surface area is 171 Å². The molecule has 6 nitrogen and oxygen atoms in total. The summed E-state index contributed by atoms with van der Waals surface area (Å²) >= 11 is 6.04. The molecule has 0 spiro atoms. The second kappa shape index (κ2) is 7.41. The van der Waals surface area contributed by atoms with Crippen LogP contribution in [0.15, 0.2) is 72.0 Å². The van der Waals surface area contributed by atoms with Gasteiger partial charge in [-0.05, 0) is 59.7 Å². The lowest BCUT2D eigenvalue weighted by Crippen LogP contribution is -1.98. The van der Waals surface area contributed by atoms with Gasteiger partial charge in [0.25, 0.3) is 0 Å². The third-order valence-corrected chi connectivity index (χ3v) is 4.78. The minimum absolute atomic E-state index is 0.243. The SMILES string of the molecule is Clc1ccc(-c2cc3cccnc3nc2N/N=C/c2ccc3c(c2)OCO3)cc1. The van der Waals surface area contributed by atoms with Crippen molar-refractivity contribution in [2.75, 3.05) is 12.2 Å². The molecule has 5 rings (SSSR count). The number of nitrogens with zero attached hydrogens (tertiary/aromatic N) is 3. The van der Waals surface area contributed by atoms with Crippen LogP contribution in [0.2, 0.25) is 5.02 Å². The van der Waals surface area contributed by atoms with Crippen LogP contribution in [0.1, 0.15) is 5.56 Å². The lowest BCUT2D eigenvalue weighted by molar-refractivity contribution is 0.174. The van der Waals surface area contributed by atoms with E-state index in [0.29, 0.717) is 22.2 Å². The molecular formula is C22H15ClN4O2. The van der Waals surface area contributed by atoms with Crippen molar-refractivity contribution in [3.05, 3.63) is 77.4 Å². The van der Waals surface area contributed by atoms with E-state index in [-0.39, 0.29) is 6.79 Å². The number of hydrazone groups is 1. The molecule has 2 aromatic carbocycles. The molecule has 142 valence electrons. The van der Waals surface area contributed by atoms with Crippen LogP contribution in [0.4, 0.5) is 5.82 Å². The summed E-state index contributed by atoms with van der Waals surface area (Å²) in [5.41, 5.74) is 6.46. The number of benzene rings is 2. The van der Waals surface area contributed by atoms with Crippen LogP contribution in [0, 0.1) is 0 Å². The first-order valence-electron chi connectivity index (χ1n) is 8.97. The van der Waals surface area contributed by atoms with Crippen molar-refractivity contribution in [3.63, 3.8) is 0 Å². The number of rotatable bonds is 4. The van der Waals surface area contributed by atoms with Crippen LogP contribution < -0.4 is 14.9 Å². The van der Waals surface area contributed by atoms with E-state index in [1.807, 2.05) is 60.7 Å². The molecule has 0 unspecified atom stereocenters. The van der Waals surface area contributed by atoms with Gasteiger partial charge in [-0.25, -0.2) is 9.97 Å². The molecule has 0 saturated carbocycles. The van der Waals surface area contributed by atoms with Crippen LogP contribution in [-0.4, -0.2) is 23.0 Å². The van der Waals surface area contributed by atoms with Crippen molar-refractivity contribution in [3.8, 4) is 22.6 Å². The molecule has 0 atom stereocenters. The maximum atomic E-state index is 6.04. The van der Waals surface area contributed by atoms with Gasteiger partial charge in [0.1, 0.15) is 0 Å². The number of nitrogens with one attached hydrogen (secondary N) is 1. The topological polar surface area (TPSA) is 68.6 Å². The average Bonchev–Trinajstić information content (AvgIpc) is 3.22. The van der Waals surface area contributed by atoms with Crippen molar-refractivity contribution in [2.24, 2.45) is 5.10 Å². The van der Waals surface area contributed by atoms with E-state index >= 15 is 0 Å². The van der Waals surface area contributed by atoms with Gasteiger partial charge >= 0.3 is 0 Å². The van der Waals surface area contributed by atoms with E-state index in [0.717, 1.165) is 27.8 Å². The van der Waals surface area contributed by atoms with Gasteiger partial charge in [0.15, 0.2) is 23.0 Å². The maximum Gasteiger partial charge on any atom is 0.231 e. The van der Waals surface area contributed by atoms with Crippen LogP contribution in [0.3, 0.4) is 0 Å². The van der Waals surface area contributed by atoms with Crippen LogP contribution in [0.5, 0.6) is 11.5 Å². The number of aromatic nitrogens is 2. The number of hydrogen-bond acceptors (Lipinski definition) is 6. The van der Waals surface area contributed by atoms with Gasteiger partial charge in [-0.15, -0.1) is 0 Å². The summed E-state index contributed by atoms with van der Waals surface area (Å²) in [5.74, 6) is 2.06. The molecular weight excluding hydrogens is 388 g/mol. The number of anilines is 1. The fourth-order valence-corrected chi connectivity index (χ4v) is 3.23. The molecule has 1 N–H and O–H groups in total. The summed E-state index contributed by atoms with van der Waals surface area (Å²) < 4.78 is 10.7. The molecule has 0 aliphatic carbocycles. The van der Waals surface area contributed by atoms with Crippen LogP contribution in [-0.2, 0) is 0 Å². The number of hydrogen-bond donors (Lipinski definition) is 1. The van der Waals surface area contributed by atoms with E-state index in [4.69, 9.17) is 21.1 Å². The highest BCUT2D eigenvalue weighted by Gasteiger charge is 2.13. The molecule has 0 radical (unpaired) electrons. The Morgan fingerprint density at radius 3 is 2.76 bits per heavy atom. The number of ether oxygens (including phenoxy) is 2. The summed E-state index contributed by atoms with van der Waals surface area (Å²) in [6.07, 6.45) is 3.43. The minimum atomic E-state index is 0.243. The summed E-state index contributed by atoms with van der Waals surface area (Å²) in [6, 6.07) is 19.2. The standard InChI is InChI=1S/C22H15ClN4O2/c23-17-6-4-15(5-7-17)18-11-16-2-1-9-24-21(16)26-22(18)27-25-12-14-3-8-19-20(10-14)29-13-28-19/h1-12H,13H2,(H,24,26,27)/b25-12+. The van der Waals surface area contributed by atoms with Gasteiger partial charge in [0, 0.05) is 22.2 Å². The summed E-state index contributed by atoms with van der Waals surface area (Å²) in [6.45, 7) is 0.243. The van der Waals surface area contributed by atoms with E-state index in [2.05, 4.69) is 20.5 Å². The highest BCUT2D eigenvalue weighted by atomic mass is 35.5. The van der Waals surface area contributed by atoms with E-state index in [1.54, 1.807) is 12.4 Å². The summed E-state index contributed by atoms with van der Waals surface area (Å²) in [5, 5.41) is 5.99. The Balaban J connectivity index is 1.49. The van der Waals surface area contributed by atoms with E-state index in [1.165, 1.54) is 0 Å². The molecule has 1 aliphatic rings. The highest BCUT2D eigenvalue weighted by molar-refractivity contribution is 6.30. The first-order valence-corrected chi connectivity index (χ1v) is 9.34. The molecule has 0 saturated heterocycles. The quantitative estimate of drug-likeness (QED) is 0.379. The molecule has 0 amide bonds. The van der Waals surface area contributed by atoms with Gasteiger partial charge < -0.3 is 9.47 Å². The van der Waals surface area contributed by atoms with Crippen molar-refractivity contribution in [2.45, 2.75) is 0 Å². The largest absolute Gasteiger partial charge is 0.454 e. The average molecular weight is 403 g/mol. The second-order valence-corrected chi connectivity index (χ2v) is 6.86.